The highest BCUT2D eigenvalue weighted by atomic mass is 16.5. The van der Waals surface area contributed by atoms with Crippen LogP contribution >= 0.6 is 0 Å². The molecule has 0 radical (unpaired) electrons. The van der Waals surface area contributed by atoms with Crippen molar-refractivity contribution in [1.29, 1.82) is 0 Å². The molecule has 0 aliphatic heterocycles. The highest BCUT2D eigenvalue weighted by molar-refractivity contribution is 6.00. The first-order valence-electron chi connectivity index (χ1n) is 7.53. The summed E-state index contributed by atoms with van der Waals surface area (Å²) in [5, 5.41) is 0. The normalized spacial score (nSPS) is 10.3. The number of Topliss-reactive ketones (excluding diaryl/α,β-unsaturated/α-hetero) is 1. The molecular weight excluding hydrogens is 276 g/mol. The molecule has 0 saturated heterocycles. The van der Waals surface area contributed by atoms with E-state index in [4.69, 9.17) is 4.74 Å². The van der Waals surface area contributed by atoms with Gasteiger partial charge < -0.3 is 4.74 Å². The Kier molecular flexibility index (Phi) is 5.48. The van der Waals surface area contributed by atoms with Crippen LogP contribution in [-0.2, 0) is 0 Å². The van der Waals surface area contributed by atoms with Gasteiger partial charge >= 0.3 is 5.97 Å². The summed E-state index contributed by atoms with van der Waals surface area (Å²) in [5.41, 5.74) is 2.02. The molecule has 0 fully saturated rings. The molecule has 0 amide bonds. The van der Waals surface area contributed by atoms with Gasteiger partial charge in [-0.1, -0.05) is 43.2 Å². The first kappa shape index (κ1) is 16.0. The van der Waals surface area contributed by atoms with Crippen LogP contribution in [0.2, 0.25) is 0 Å². The number of ketones is 1. The third kappa shape index (κ3) is 4.04. The summed E-state index contributed by atoms with van der Waals surface area (Å²) in [6.45, 7) is 3.99. The van der Waals surface area contributed by atoms with Gasteiger partial charge in [0.25, 0.3) is 0 Å². The molecule has 2 aromatic carbocycles. The van der Waals surface area contributed by atoms with Gasteiger partial charge in [-0.2, -0.15) is 0 Å². The number of benzene rings is 2. The van der Waals surface area contributed by atoms with Crippen LogP contribution in [0.25, 0.3) is 0 Å². The molecule has 0 unspecified atom stereocenters. The topological polar surface area (TPSA) is 43.4 Å². The molecular formula is C19H20O3. The third-order valence-corrected chi connectivity index (χ3v) is 3.43. The minimum absolute atomic E-state index is 0.00848. The van der Waals surface area contributed by atoms with E-state index < -0.39 is 5.97 Å². The highest BCUT2D eigenvalue weighted by Crippen LogP contribution is 2.22. The van der Waals surface area contributed by atoms with E-state index in [0.717, 1.165) is 18.4 Å². The Labute approximate surface area is 130 Å². The summed E-state index contributed by atoms with van der Waals surface area (Å²) in [7, 11) is 0. The summed E-state index contributed by atoms with van der Waals surface area (Å²) in [6, 6.07) is 14.1. The van der Waals surface area contributed by atoms with E-state index in [1.807, 2.05) is 26.0 Å². The van der Waals surface area contributed by atoms with Gasteiger partial charge in [-0.05, 0) is 37.6 Å². The number of unbranched alkanes of at least 4 members (excludes halogenated alkanes) is 1. The van der Waals surface area contributed by atoms with Crippen LogP contribution in [0.15, 0.2) is 48.5 Å². The number of carbonyl (C=O) groups excluding carboxylic acids is 2. The van der Waals surface area contributed by atoms with E-state index in [2.05, 4.69) is 0 Å². The van der Waals surface area contributed by atoms with E-state index in [9.17, 15) is 9.59 Å². The summed E-state index contributed by atoms with van der Waals surface area (Å²) in [6.07, 6.45) is 2.26. The van der Waals surface area contributed by atoms with E-state index in [1.54, 1.807) is 36.4 Å². The van der Waals surface area contributed by atoms with Gasteiger partial charge in [0.15, 0.2) is 5.78 Å². The van der Waals surface area contributed by atoms with Crippen LogP contribution in [0.1, 0.15) is 52.5 Å². The molecule has 0 heterocycles. The maximum atomic E-state index is 12.2. The molecule has 3 nitrogen and oxygen atoms in total. The number of esters is 1. The third-order valence-electron chi connectivity index (χ3n) is 3.43. The lowest BCUT2D eigenvalue weighted by molar-refractivity contribution is 0.0732. The molecule has 0 N–H and O–H groups in total. The predicted octanol–water partition coefficient (Wildman–Crippen LogP) is 4.59. The quantitative estimate of drug-likeness (QED) is 0.445. The van der Waals surface area contributed by atoms with E-state index in [1.165, 1.54) is 0 Å². The van der Waals surface area contributed by atoms with Crippen molar-refractivity contribution in [2.24, 2.45) is 0 Å². The molecule has 0 aromatic heterocycles. The van der Waals surface area contributed by atoms with Crippen LogP contribution in [0.5, 0.6) is 5.75 Å². The van der Waals surface area contributed by atoms with Crippen molar-refractivity contribution in [2.75, 3.05) is 0 Å². The number of rotatable bonds is 6. The molecule has 0 atom stereocenters. The average molecular weight is 296 g/mol. The lowest BCUT2D eigenvalue weighted by atomic mass is 10.0. The van der Waals surface area contributed by atoms with Crippen LogP contribution in [0, 0.1) is 6.92 Å². The SMILES string of the molecule is CCCCC(=O)c1ccccc1OC(=O)c1ccc(C)cc1. The van der Waals surface area contributed by atoms with Crippen LogP contribution < -0.4 is 4.74 Å². The molecule has 0 aliphatic rings. The lowest BCUT2D eigenvalue weighted by Crippen LogP contribution is -2.11. The van der Waals surface area contributed by atoms with E-state index in [0.29, 0.717) is 23.3 Å². The largest absolute Gasteiger partial charge is 0.422 e. The maximum absolute atomic E-state index is 12.2. The molecule has 114 valence electrons. The molecule has 0 saturated carbocycles. The predicted molar refractivity (Wildman–Crippen MR) is 86.4 cm³/mol. The van der Waals surface area contributed by atoms with Crippen molar-refractivity contribution in [2.45, 2.75) is 33.1 Å². The number of para-hydroxylation sites is 1. The number of ether oxygens (including phenoxy) is 1. The van der Waals surface area contributed by atoms with Gasteiger partial charge in [0.2, 0.25) is 0 Å². The molecule has 0 bridgehead atoms. The zero-order chi connectivity index (χ0) is 15.9. The molecule has 0 aliphatic carbocycles. The molecule has 0 spiro atoms. The van der Waals surface area contributed by atoms with Crippen LogP contribution in [0.4, 0.5) is 0 Å². The van der Waals surface area contributed by atoms with Gasteiger partial charge in [-0.15, -0.1) is 0 Å². The van der Waals surface area contributed by atoms with E-state index >= 15 is 0 Å². The minimum atomic E-state index is -0.448. The van der Waals surface area contributed by atoms with Crippen LogP contribution in [-0.4, -0.2) is 11.8 Å². The Morgan fingerprint density at radius 3 is 2.36 bits per heavy atom. The lowest BCUT2D eigenvalue weighted by Gasteiger charge is -2.09. The molecule has 2 rings (SSSR count). The first-order valence-corrected chi connectivity index (χ1v) is 7.53. The summed E-state index contributed by atoms with van der Waals surface area (Å²) in [4.78, 5) is 24.4. The minimum Gasteiger partial charge on any atom is -0.422 e. The summed E-state index contributed by atoms with van der Waals surface area (Å²) < 4.78 is 5.41. The molecule has 2 aromatic rings. The Balaban J connectivity index is 2.17. The Bertz CT molecular complexity index is 657. The number of hydrogen-bond donors (Lipinski definition) is 0. The summed E-state index contributed by atoms with van der Waals surface area (Å²) in [5.74, 6) is -0.112. The van der Waals surface area contributed by atoms with Crippen molar-refractivity contribution < 1.29 is 14.3 Å². The number of hydrogen-bond acceptors (Lipinski definition) is 3. The van der Waals surface area contributed by atoms with Gasteiger partial charge in [0, 0.05) is 6.42 Å². The van der Waals surface area contributed by atoms with Crippen LogP contribution in [0.3, 0.4) is 0 Å². The fourth-order valence-electron chi connectivity index (χ4n) is 2.11. The average Bonchev–Trinajstić information content (AvgIpc) is 2.53. The molecule has 22 heavy (non-hydrogen) atoms. The van der Waals surface area contributed by atoms with Crippen molar-refractivity contribution >= 4 is 11.8 Å². The second-order valence-corrected chi connectivity index (χ2v) is 5.28. The Morgan fingerprint density at radius 1 is 1.00 bits per heavy atom. The number of aryl methyl sites for hydroxylation is 1. The van der Waals surface area contributed by atoms with Gasteiger partial charge in [0.1, 0.15) is 5.75 Å². The zero-order valence-corrected chi connectivity index (χ0v) is 13.0. The van der Waals surface area contributed by atoms with Gasteiger partial charge in [0.05, 0.1) is 11.1 Å². The Hall–Kier alpha value is -2.42. The maximum Gasteiger partial charge on any atom is 0.343 e. The second kappa shape index (κ2) is 7.55. The summed E-state index contributed by atoms with van der Waals surface area (Å²) >= 11 is 0. The smallest absolute Gasteiger partial charge is 0.343 e. The van der Waals surface area contributed by atoms with E-state index in [-0.39, 0.29) is 5.78 Å². The standard InChI is InChI=1S/C19H20O3/c1-3-4-8-17(20)16-7-5-6-9-18(16)22-19(21)15-12-10-14(2)11-13-15/h5-7,9-13H,3-4,8H2,1-2H3. The Morgan fingerprint density at radius 2 is 1.68 bits per heavy atom. The van der Waals surface area contributed by atoms with Gasteiger partial charge in [-0.3, -0.25) is 4.79 Å². The second-order valence-electron chi connectivity index (χ2n) is 5.28. The fraction of sp³-hybridized carbons (Fsp3) is 0.263. The van der Waals surface area contributed by atoms with Crippen molar-refractivity contribution in [3.8, 4) is 5.75 Å². The number of carbonyl (C=O) groups is 2. The molecule has 3 heteroatoms. The highest BCUT2D eigenvalue weighted by Gasteiger charge is 2.15. The first-order chi connectivity index (χ1) is 10.6. The fourth-order valence-corrected chi connectivity index (χ4v) is 2.11. The van der Waals surface area contributed by atoms with Crippen molar-refractivity contribution in [1.82, 2.24) is 0 Å². The van der Waals surface area contributed by atoms with Gasteiger partial charge in [-0.25, -0.2) is 4.79 Å². The van der Waals surface area contributed by atoms with Crippen molar-refractivity contribution in [3.63, 3.8) is 0 Å². The zero-order valence-electron chi connectivity index (χ0n) is 13.0. The van der Waals surface area contributed by atoms with Crippen molar-refractivity contribution in [3.05, 3.63) is 65.2 Å². The monoisotopic (exact) mass is 296 g/mol.